The lowest BCUT2D eigenvalue weighted by atomic mass is 10.2. The Balaban J connectivity index is 2.07. The Labute approximate surface area is 155 Å². The zero-order chi connectivity index (χ0) is 18.6. The minimum Gasteiger partial charge on any atom is -0.496 e. The average Bonchev–Trinajstić information content (AvgIpc) is 2.56. The van der Waals surface area contributed by atoms with E-state index in [1.807, 2.05) is 0 Å². The molecule has 0 aliphatic rings. The molecule has 1 amide bonds. The van der Waals surface area contributed by atoms with Gasteiger partial charge in [0.05, 0.1) is 16.5 Å². The third-order valence-corrected chi connectivity index (χ3v) is 3.87. The van der Waals surface area contributed by atoms with Crippen molar-refractivity contribution in [3.8, 4) is 5.75 Å². The summed E-state index contributed by atoms with van der Waals surface area (Å²) in [6, 6.07) is 7.90. The minimum atomic E-state index is -0.964. The smallest absolute Gasteiger partial charge is 0.306 e. The van der Waals surface area contributed by atoms with Crippen LogP contribution in [0.25, 0.3) is 0 Å². The van der Waals surface area contributed by atoms with E-state index in [4.69, 9.17) is 17.0 Å². The van der Waals surface area contributed by atoms with Crippen LogP contribution in [0.5, 0.6) is 5.75 Å². The summed E-state index contributed by atoms with van der Waals surface area (Å²) >= 11 is 8.26. The Morgan fingerprint density at radius 1 is 1.32 bits per heavy atom. The first kappa shape index (κ1) is 18.7. The van der Waals surface area contributed by atoms with Crippen LogP contribution in [0.1, 0.15) is 10.4 Å². The number of nitrogens with one attached hydrogen (secondary N) is 2. The van der Waals surface area contributed by atoms with E-state index in [0.29, 0.717) is 15.8 Å². The highest BCUT2D eigenvalue weighted by molar-refractivity contribution is 9.10. The second kappa shape index (κ2) is 7.99. The molecule has 2 aromatic rings. The highest BCUT2D eigenvalue weighted by Crippen LogP contribution is 2.25. The number of rotatable bonds is 4. The molecule has 0 atom stereocenters. The van der Waals surface area contributed by atoms with E-state index in [9.17, 15) is 19.3 Å². The van der Waals surface area contributed by atoms with Gasteiger partial charge in [-0.15, -0.1) is 0 Å². The number of nitrogens with zero attached hydrogens (tertiary/aromatic N) is 1. The number of methoxy groups -OCH3 is 1. The third kappa shape index (κ3) is 4.70. The summed E-state index contributed by atoms with van der Waals surface area (Å²) in [5.74, 6) is -0.887. The van der Waals surface area contributed by atoms with Gasteiger partial charge in [-0.1, -0.05) is 0 Å². The molecule has 25 heavy (non-hydrogen) atoms. The van der Waals surface area contributed by atoms with Gasteiger partial charge in [-0.3, -0.25) is 20.2 Å². The summed E-state index contributed by atoms with van der Waals surface area (Å²) in [4.78, 5) is 22.0. The first-order valence-electron chi connectivity index (χ1n) is 6.71. The second-order valence-corrected chi connectivity index (χ2v) is 5.94. The molecule has 0 saturated heterocycles. The van der Waals surface area contributed by atoms with Gasteiger partial charge in [0.2, 0.25) is 5.82 Å². The number of nitro benzene ring substituents is 1. The molecular formula is C15H11BrFN3O4S. The van der Waals surface area contributed by atoms with E-state index >= 15 is 0 Å². The van der Waals surface area contributed by atoms with Crippen molar-refractivity contribution < 1.29 is 18.8 Å². The van der Waals surface area contributed by atoms with Crippen LogP contribution in [0.4, 0.5) is 15.8 Å². The molecule has 10 heteroatoms. The maximum absolute atomic E-state index is 13.3. The number of halogens is 2. The van der Waals surface area contributed by atoms with E-state index < -0.39 is 22.3 Å². The average molecular weight is 428 g/mol. The maximum atomic E-state index is 13.3. The number of nitro groups is 1. The number of benzene rings is 2. The van der Waals surface area contributed by atoms with Crippen LogP contribution >= 0.6 is 28.1 Å². The predicted octanol–water partition coefficient (Wildman–Crippen LogP) is 3.63. The summed E-state index contributed by atoms with van der Waals surface area (Å²) < 4.78 is 19.0. The molecule has 0 unspecified atom stereocenters. The van der Waals surface area contributed by atoms with Crippen molar-refractivity contribution in [2.24, 2.45) is 0 Å². The van der Waals surface area contributed by atoms with Crippen LogP contribution in [-0.4, -0.2) is 23.1 Å². The Morgan fingerprint density at radius 3 is 2.64 bits per heavy atom. The first-order valence-corrected chi connectivity index (χ1v) is 7.91. The molecule has 0 radical (unpaired) electrons. The van der Waals surface area contributed by atoms with Gasteiger partial charge in [-0.05, 0) is 58.5 Å². The SMILES string of the molecule is COc1ccc(C(=O)NC(=S)Nc2ccc(F)c([N+](=O)[O-])c2)cc1Br. The van der Waals surface area contributed by atoms with Crippen molar-refractivity contribution in [1.29, 1.82) is 0 Å². The number of hydrogen-bond acceptors (Lipinski definition) is 5. The second-order valence-electron chi connectivity index (χ2n) is 4.68. The Kier molecular flexibility index (Phi) is 5.99. The fourth-order valence-electron chi connectivity index (χ4n) is 1.88. The largest absolute Gasteiger partial charge is 0.496 e. The molecule has 0 saturated carbocycles. The van der Waals surface area contributed by atoms with Gasteiger partial charge in [-0.25, -0.2) is 0 Å². The monoisotopic (exact) mass is 427 g/mol. The van der Waals surface area contributed by atoms with E-state index in [2.05, 4.69) is 26.6 Å². The van der Waals surface area contributed by atoms with Crippen LogP contribution in [0.15, 0.2) is 40.9 Å². The number of carbonyl (C=O) groups is 1. The van der Waals surface area contributed by atoms with Crippen LogP contribution in [-0.2, 0) is 0 Å². The highest BCUT2D eigenvalue weighted by Gasteiger charge is 2.15. The lowest BCUT2D eigenvalue weighted by Crippen LogP contribution is -2.34. The van der Waals surface area contributed by atoms with E-state index in [0.717, 1.165) is 12.1 Å². The molecule has 130 valence electrons. The van der Waals surface area contributed by atoms with Gasteiger partial charge in [0.15, 0.2) is 5.11 Å². The van der Waals surface area contributed by atoms with E-state index in [1.54, 1.807) is 18.2 Å². The molecule has 0 aromatic heterocycles. The third-order valence-electron chi connectivity index (χ3n) is 3.04. The Morgan fingerprint density at radius 2 is 2.04 bits per heavy atom. The van der Waals surface area contributed by atoms with Crippen LogP contribution in [0.2, 0.25) is 0 Å². The fraction of sp³-hybridized carbons (Fsp3) is 0.0667. The molecule has 2 N–H and O–H groups in total. The number of anilines is 1. The highest BCUT2D eigenvalue weighted by atomic mass is 79.9. The van der Waals surface area contributed by atoms with Crippen LogP contribution in [0, 0.1) is 15.9 Å². The normalized spacial score (nSPS) is 10.0. The molecular weight excluding hydrogens is 417 g/mol. The number of amides is 1. The summed E-state index contributed by atoms with van der Waals surface area (Å²) in [6.07, 6.45) is 0. The zero-order valence-electron chi connectivity index (χ0n) is 12.7. The van der Waals surface area contributed by atoms with Crippen molar-refractivity contribution in [1.82, 2.24) is 5.32 Å². The molecule has 0 heterocycles. The maximum Gasteiger partial charge on any atom is 0.306 e. The molecule has 0 aliphatic carbocycles. The molecule has 0 aliphatic heterocycles. The van der Waals surface area contributed by atoms with Crippen molar-refractivity contribution in [3.63, 3.8) is 0 Å². The summed E-state index contributed by atoms with van der Waals surface area (Å²) in [5, 5.41) is 15.7. The summed E-state index contributed by atoms with van der Waals surface area (Å²) in [7, 11) is 1.50. The number of carbonyl (C=O) groups excluding carboxylic acids is 1. The van der Waals surface area contributed by atoms with Gasteiger partial charge in [0, 0.05) is 17.3 Å². The molecule has 2 aromatic carbocycles. The molecule has 0 spiro atoms. The Bertz CT molecular complexity index is 863. The van der Waals surface area contributed by atoms with Crippen molar-refractivity contribution in [2.75, 3.05) is 12.4 Å². The van der Waals surface area contributed by atoms with Crippen LogP contribution in [0.3, 0.4) is 0 Å². The van der Waals surface area contributed by atoms with Gasteiger partial charge in [0.25, 0.3) is 5.91 Å². The lowest BCUT2D eigenvalue weighted by molar-refractivity contribution is -0.387. The molecule has 0 fully saturated rings. The van der Waals surface area contributed by atoms with E-state index in [-0.39, 0.29) is 10.8 Å². The number of hydrogen-bond donors (Lipinski definition) is 2. The summed E-state index contributed by atoms with van der Waals surface area (Å²) in [6.45, 7) is 0. The van der Waals surface area contributed by atoms with Gasteiger partial charge in [-0.2, -0.15) is 4.39 Å². The van der Waals surface area contributed by atoms with Crippen molar-refractivity contribution in [2.45, 2.75) is 0 Å². The minimum absolute atomic E-state index is 0.0853. The van der Waals surface area contributed by atoms with Gasteiger partial charge in [0.1, 0.15) is 5.75 Å². The van der Waals surface area contributed by atoms with E-state index in [1.165, 1.54) is 13.2 Å². The fourth-order valence-corrected chi connectivity index (χ4v) is 2.63. The molecule has 0 bridgehead atoms. The Hall–Kier alpha value is -2.59. The standard InChI is InChI=1S/C15H11BrFN3O4S/c1-24-13-5-2-8(6-10(13)16)14(21)19-15(25)18-9-3-4-11(17)12(7-9)20(22)23/h2-7H,1H3,(H2,18,19,21,25). The zero-order valence-corrected chi connectivity index (χ0v) is 15.1. The van der Waals surface area contributed by atoms with Gasteiger partial charge < -0.3 is 10.1 Å². The predicted molar refractivity (Wildman–Crippen MR) is 97.4 cm³/mol. The lowest BCUT2D eigenvalue weighted by Gasteiger charge is -2.10. The summed E-state index contributed by atoms with van der Waals surface area (Å²) in [5.41, 5.74) is -0.200. The topological polar surface area (TPSA) is 93.5 Å². The molecule has 7 nitrogen and oxygen atoms in total. The van der Waals surface area contributed by atoms with Crippen molar-refractivity contribution in [3.05, 3.63) is 62.4 Å². The molecule has 2 rings (SSSR count). The number of thiocarbonyl (C=S) groups is 1. The number of ether oxygens (including phenoxy) is 1. The quantitative estimate of drug-likeness (QED) is 0.439. The first-order chi connectivity index (χ1) is 11.8. The van der Waals surface area contributed by atoms with Crippen molar-refractivity contribution >= 4 is 50.5 Å². The van der Waals surface area contributed by atoms with Crippen LogP contribution < -0.4 is 15.4 Å². The van der Waals surface area contributed by atoms with Gasteiger partial charge >= 0.3 is 5.69 Å².